The predicted molar refractivity (Wildman–Crippen MR) is 173 cm³/mol. The van der Waals surface area contributed by atoms with Crippen LogP contribution in [0.5, 0.6) is 0 Å². The quantitative estimate of drug-likeness (QED) is 0.237. The molecule has 2 atom stereocenters. The van der Waals surface area contributed by atoms with E-state index in [2.05, 4.69) is 32.8 Å². The van der Waals surface area contributed by atoms with Gasteiger partial charge in [-0.2, -0.15) is 0 Å². The van der Waals surface area contributed by atoms with E-state index in [1.807, 2.05) is 73.8 Å². The Labute approximate surface area is 320 Å². The second kappa shape index (κ2) is 31.4. The van der Waals surface area contributed by atoms with Crippen LogP contribution in [0.3, 0.4) is 0 Å². The van der Waals surface area contributed by atoms with Gasteiger partial charge in [0, 0.05) is 26.1 Å². The van der Waals surface area contributed by atoms with Crippen LogP contribution in [-0.4, -0.2) is 58.9 Å². The number of halogens is 1. The number of ether oxygens (including phenoxy) is 1. The largest absolute Gasteiger partial charge is 1.00 e. The molecule has 2 aromatic rings. The Balaban J connectivity index is -0.000000252. The number of benzene rings is 2. The van der Waals surface area contributed by atoms with E-state index < -0.39 is 5.54 Å². The fourth-order valence-corrected chi connectivity index (χ4v) is 3.34. The second-order valence-corrected chi connectivity index (χ2v) is 9.53. The molecule has 9 heteroatoms. The van der Waals surface area contributed by atoms with Crippen LogP contribution in [0.4, 0.5) is 0 Å². The summed E-state index contributed by atoms with van der Waals surface area (Å²) in [6.45, 7) is 7.10. The fourth-order valence-electron chi connectivity index (χ4n) is 3.34. The van der Waals surface area contributed by atoms with E-state index in [0.29, 0.717) is 18.2 Å². The van der Waals surface area contributed by atoms with E-state index in [-0.39, 0.29) is 104 Å². The summed E-state index contributed by atoms with van der Waals surface area (Å²) < 4.78 is 4.94. The van der Waals surface area contributed by atoms with Gasteiger partial charge in [0.1, 0.15) is 6.04 Å². The first-order valence-corrected chi connectivity index (χ1v) is 14.3. The van der Waals surface area contributed by atoms with Crippen molar-refractivity contribution < 1.29 is 94.2 Å². The third-order valence-corrected chi connectivity index (χ3v) is 5.92. The minimum atomic E-state index is -0.921. The summed E-state index contributed by atoms with van der Waals surface area (Å²) in [6, 6.07) is 19.4. The van der Waals surface area contributed by atoms with Crippen molar-refractivity contribution in [2.45, 2.75) is 70.9 Å². The summed E-state index contributed by atoms with van der Waals surface area (Å²) in [5, 5.41) is 0.660. The van der Waals surface area contributed by atoms with Crippen molar-refractivity contribution in [1.29, 1.82) is 0 Å². The number of hydrogen-bond donors (Lipinski definition) is 1. The Morgan fingerprint density at radius 2 is 1.50 bits per heavy atom. The van der Waals surface area contributed by atoms with Gasteiger partial charge in [-0.25, -0.2) is 0 Å². The molecule has 7 nitrogen and oxygen atoms in total. The maximum absolute atomic E-state index is 11.4. The maximum Gasteiger partial charge on any atom is 1.00 e. The first-order chi connectivity index (χ1) is 18.7. The number of nitrogens with zero attached hydrogens (tertiary/aromatic N) is 1. The molecule has 1 aliphatic heterocycles. The molecule has 0 bridgehead atoms. The average Bonchev–Trinajstić information content (AvgIpc) is 3.53. The summed E-state index contributed by atoms with van der Waals surface area (Å²) >= 11 is 3.01. The van der Waals surface area contributed by atoms with Crippen LogP contribution in [0.1, 0.15) is 57.6 Å². The van der Waals surface area contributed by atoms with Crippen LogP contribution in [0.15, 0.2) is 65.7 Å². The topological polar surface area (TPSA) is 143 Å². The van der Waals surface area contributed by atoms with Crippen LogP contribution in [0.2, 0.25) is 0 Å². The van der Waals surface area contributed by atoms with Crippen molar-refractivity contribution in [3.05, 3.63) is 71.8 Å². The van der Waals surface area contributed by atoms with E-state index in [1.54, 1.807) is 6.92 Å². The van der Waals surface area contributed by atoms with Crippen molar-refractivity contribution in [1.82, 2.24) is 0 Å². The maximum atomic E-state index is 11.4. The van der Waals surface area contributed by atoms with Gasteiger partial charge in [-0.1, -0.05) is 89.4 Å². The van der Waals surface area contributed by atoms with E-state index in [4.69, 9.17) is 23.3 Å². The number of alkyl halides is 1. The van der Waals surface area contributed by atoms with E-state index >= 15 is 0 Å². The van der Waals surface area contributed by atoms with E-state index in [1.165, 1.54) is 19.8 Å². The van der Waals surface area contributed by atoms with Crippen LogP contribution < -0.4 is 74.6 Å². The first-order valence-electron chi connectivity index (χ1n) is 13.1. The molecule has 1 unspecified atom stereocenters. The van der Waals surface area contributed by atoms with E-state index in [0.717, 1.165) is 30.8 Å². The minimum Gasteiger partial charge on any atom is -0.870 e. The zero-order valence-electron chi connectivity index (χ0n) is 25.5. The van der Waals surface area contributed by atoms with Gasteiger partial charge in [-0.05, 0) is 56.9 Å². The number of aliphatic imine (C=N–C) groups is 1. The third-order valence-electron chi connectivity index (χ3n) is 5.59. The van der Waals surface area contributed by atoms with Gasteiger partial charge in [-0.15, -0.1) is 18.8 Å². The van der Waals surface area contributed by atoms with Gasteiger partial charge in [0.2, 0.25) is 0 Å². The Morgan fingerprint density at radius 3 is 1.83 bits per heavy atom. The molecule has 0 spiro atoms. The van der Waals surface area contributed by atoms with Gasteiger partial charge < -0.3 is 21.4 Å². The Kier molecular flexibility index (Phi) is 35.7. The molecule has 1 fully saturated rings. The molecule has 0 amide bonds. The standard InChI is InChI=1S/C13H17NO.C13H15NO.C4H8O.C3H3Br.Cs.2H2O/c1-3-9-14-13(11(2)15)10-12-7-5-4-6-8-12;1-3-9-13(14,11(2)15)10-12-7-5-4-6-8-12;1-2-4-5-3-1;1-2-3-4;;;/h4-9,13H,3,10H2,1-2H3;1,4-8H,9-10,14H2,2H3;1-4H2;1H,3H2;;2*1H2/q;;;;+1;;/p-1/t;13-;;;;;/m.0...../s1. The number of ketones is 2. The van der Waals surface area contributed by atoms with Gasteiger partial charge in [-0.3, -0.25) is 14.6 Å². The number of carbonyl (C=O) groups is 2. The second-order valence-electron chi connectivity index (χ2n) is 8.97. The van der Waals surface area contributed by atoms with Crippen LogP contribution in [-0.2, 0) is 27.2 Å². The Bertz CT molecular complexity index is 1040. The molecule has 1 aliphatic rings. The van der Waals surface area contributed by atoms with E-state index in [9.17, 15) is 9.59 Å². The van der Waals surface area contributed by atoms with Crippen molar-refractivity contribution >= 4 is 33.7 Å². The molecule has 1 heterocycles. The van der Waals surface area contributed by atoms with Gasteiger partial charge >= 0.3 is 68.9 Å². The molecular formula is C33H46BrCsN2O5. The first kappa shape index (κ1) is 47.9. The molecule has 0 aromatic heterocycles. The van der Waals surface area contributed by atoms with Crippen LogP contribution in [0.25, 0.3) is 0 Å². The number of Topliss-reactive ketones (excluding diaryl/α,β-unsaturated/α-hetero) is 2. The monoisotopic (exact) mass is 762 g/mol. The zero-order chi connectivity index (χ0) is 29.4. The average molecular weight is 764 g/mol. The smallest absolute Gasteiger partial charge is 0.870 e. The molecule has 1 saturated heterocycles. The molecule has 0 radical (unpaired) electrons. The molecule has 2 aromatic carbocycles. The SMILES string of the molecule is C#CCBr.C#CC[C@](N)(Cc1ccccc1)C(C)=O.C1CCOC1.CCC=NC(Cc1ccccc1)C(C)=O.O.[Cs+].[OH-]. The molecular weight excluding hydrogens is 717 g/mol. The summed E-state index contributed by atoms with van der Waals surface area (Å²) in [4.78, 5) is 27.0. The number of carbonyl (C=O) groups excluding carboxylic acids is 2. The van der Waals surface area contributed by atoms with Crippen molar-refractivity contribution in [3.63, 3.8) is 0 Å². The molecule has 0 aliphatic carbocycles. The predicted octanol–water partition coefficient (Wildman–Crippen LogP) is 2.02. The van der Waals surface area contributed by atoms with Crippen LogP contribution in [0, 0.1) is 24.7 Å². The van der Waals surface area contributed by atoms with Crippen molar-refractivity contribution in [2.75, 3.05) is 18.5 Å². The van der Waals surface area contributed by atoms with Crippen LogP contribution >= 0.6 is 15.9 Å². The molecule has 5 N–H and O–H groups in total. The zero-order valence-corrected chi connectivity index (χ0v) is 33.4. The summed E-state index contributed by atoms with van der Waals surface area (Å²) in [5.41, 5.74) is 7.26. The molecule has 3 rings (SSSR count). The Hall–Kier alpha value is -1.06. The van der Waals surface area contributed by atoms with Crippen molar-refractivity contribution in [2.24, 2.45) is 10.7 Å². The number of nitrogens with two attached hydrogens (primary N) is 1. The molecule has 0 saturated carbocycles. The number of hydrogen-bond acceptors (Lipinski definition) is 6. The fraction of sp³-hybridized carbons (Fsp3) is 0.424. The Morgan fingerprint density at radius 1 is 1.02 bits per heavy atom. The molecule has 42 heavy (non-hydrogen) atoms. The third kappa shape index (κ3) is 24.4. The van der Waals surface area contributed by atoms with Gasteiger partial charge in [0.25, 0.3) is 0 Å². The number of rotatable bonds is 9. The molecule has 226 valence electrons. The summed E-state index contributed by atoms with van der Waals surface area (Å²) in [7, 11) is 0. The van der Waals surface area contributed by atoms with Gasteiger partial charge in [0.05, 0.1) is 10.9 Å². The number of terminal acetylenes is 2. The van der Waals surface area contributed by atoms with Gasteiger partial charge in [0.15, 0.2) is 11.6 Å². The van der Waals surface area contributed by atoms with Crippen molar-refractivity contribution in [3.8, 4) is 24.7 Å². The summed E-state index contributed by atoms with van der Waals surface area (Å²) in [5.74, 6) is 4.87. The minimum absolute atomic E-state index is 0. The normalized spacial score (nSPS) is 12.9. The summed E-state index contributed by atoms with van der Waals surface area (Å²) in [6.07, 6.45) is 16.7.